The van der Waals surface area contributed by atoms with Crippen LogP contribution in [0.4, 0.5) is 4.39 Å². The number of ether oxygens (including phenoxy) is 1. The van der Waals surface area contributed by atoms with Gasteiger partial charge in [-0.15, -0.1) is 0 Å². The molecule has 1 saturated heterocycles. The third kappa shape index (κ3) is 4.20. The van der Waals surface area contributed by atoms with Crippen molar-refractivity contribution in [3.8, 4) is 16.9 Å². The molecule has 178 valence electrons. The number of carbonyl (C=O) groups excluding carboxylic acids is 3. The first-order chi connectivity index (χ1) is 16.2. The molecule has 2 aromatic carbocycles. The fourth-order valence-corrected chi connectivity index (χ4v) is 5.16. The number of halogens is 1. The summed E-state index contributed by atoms with van der Waals surface area (Å²) >= 11 is 0. The van der Waals surface area contributed by atoms with E-state index in [1.807, 2.05) is 13.0 Å². The molecule has 2 aliphatic rings. The second-order valence-corrected chi connectivity index (χ2v) is 9.16. The largest absolute Gasteiger partial charge is 0.496 e. The molecule has 7 nitrogen and oxygen atoms in total. The Kier molecular flexibility index (Phi) is 6.25. The number of oxime groups is 1. The lowest BCUT2D eigenvalue weighted by molar-refractivity contribution is -0.151. The van der Waals surface area contributed by atoms with Crippen LogP contribution >= 0.6 is 0 Å². The van der Waals surface area contributed by atoms with E-state index in [-0.39, 0.29) is 41.8 Å². The van der Waals surface area contributed by atoms with E-state index in [2.05, 4.69) is 9.99 Å². The summed E-state index contributed by atoms with van der Waals surface area (Å²) in [6.45, 7) is 4.09. The summed E-state index contributed by atoms with van der Waals surface area (Å²) in [5, 5.41) is 3.66. The van der Waals surface area contributed by atoms with Crippen molar-refractivity contribution in [2.75, 3.05) is 27.3 Å². The molecule has 1 amide bonds. The number of Topliss-reactive ketones (excluding diaryl/α,β-unsaturated/α-hetero) is 2. The van der Waals surface area contributed by atoms with Gasteiger partial charge in [-0.3, -0.25) is 14.4 Å². The quantitative estimate of drug-likeness (QED) is 0.381. The van der Waals surface area contributed by atoms with Gasteiger partial charge in [0.25, 0.3) is 5.91 Å². The number of methoxy groups -OCH3 is 1. The van der Waals surface area contributed by atoms with Crippen LogP contribution in [0.5, 0.6) is 5.75 Å². The van der Waals surface area contributed by atoms with Gasteiger partial charge in [0.1, 0.15) is 41.9 Å². The number of carbonyl (C=O) groups is 3. The van der Waals surface area contributed by atoms with E-state index < -0.39 is 11.3 Å². The van der Waals surface area contributed by atoms with Gasteiger partial charge in [0, 0.05) is 36.9 Å². The summed E-state index contributed by atoms with van der Waals surface area (Å²) in [6.07, 6.45) is 0.436. The Balaban J connectivity index is 1.57. The van der Waals surface area contributed by atoms with Crippen molar-refractivity contribution < 1.29 is 28.3 Å². The van der Waals surface area contributed by atoms with Crippen molar-refractivity contribution in [2.45, 2.75) is 32.6 Å². The van der Waals surface area contributed by atoms with E-state index in [0.717, 1.165) is 16.7 Å². The number of hydrogen-bond acceptors (Lipinski definition) is 6. The van der Waals surface area contributed by atoms with Gasteiger partial charge < -0.3 is 14.5 Å². The second-order valence-electron chi connectivity index (χ2n) is 9.16. The standard InChI is InChI=1S/C26H27FN2O5/c1-15-9-18(17-5-7-19(27)8-6-17)10-22(33-3)23(15)24-20(30)11-26(12-21(24)31)13-29(14-26)25(32)16(2)28-34-4/h5-10,24H,11-14H2,1-4H3/b28-16+. The molecule has 1 heterocycles. The predicted octanol–water partition coefficient (Wildman–Crippen LogP) is 3.68. The van der Waals surface area contributed by atoms with Crippen LogP contribution in [0.2, 0.25) is 0 Å². The summed E-state index contributed by atoms with van der Waals surface area (Å²) in [6, 6.07) is 9.78. The van der Waals surface area contributed by atoms with Crippen molar-refractivity contribution in [3.05, 3.63) is 53.3 Å². The molecule has 1 aliphatic carbocycles. The van der Waals surface area contributed by atoms with Crippen LogP contribution < -0.4 is 4.74 Å². The van der Waals surface area contributed by atoms with Gasteiger partial charge in [-0.1, -0.05) is 23.4 Å². The van der Waals surface area contributed by atoms with Crippen LogP contribution in [0.25, 0.3) is 11.1 Å². The van der Waals surface area contributed by atoms with E-state index in [9.17, 15) is 18.8 Å². The molecule has 34 heavy (non-hydrogen) atoms. The third-order valence-corrected chi connectivity index (χ3v) is 6.65. The first-order valence-electron chi connectivity index (χ1n) is 11.0. The third-order valence-electron chi connectivity index (χ3n) is 6.65. The Bertz CT molecular complexity index is 1160. The molecule has 8 heteroatoms. The molecule has 1 aliphatic heterocycles. The molecule has 2 fully saturated rings. The fourth-order valence-electron chi connectivity index (χ4n) is 5.16. The number of amides is 1. The Labute approximate surface area is 197 Å². The van der Waals surface area contributed by atoms with Crippen LogP contribution in [-0.2, 0) is 19.2 Å². The van der Waals surface area contributed by atoms with Gasteiger partial charge in [-0.05, 0) is 48.7 Å². The smallest absolute Gasteiger partial charge is 0.271 e. The molecule has 4 rings (SSSR count). The molecule has 0 N–H and O–H groups in total. The maximum absolute atomic E-state index is 13.3. The predicted molar refractivity (Wildman–Crippen MR) is 124 cm³/mol. The second kappa shape index (κ2) is 9.00. The molecule has 0 atom stereocenters. The van der Waals surface area contributed by atoms with Crippen molar-refractivity contribution in [2.24, 2.45) is 10.6 Å². The van der Waals surface area contributed by atoms with Crippen LogP contribution in [0.15, 0.2) is 41.6 Å². The lowest BCUT2D eigenvalue weighted by atomic mass is 9.63. The minimum atomic E-state index is -0.899. The topological polar surface area (TPSA) is 85.3 Å². The van der Waals surface area contributed by atoms with E-state index in [0.29, 0.717) is 24.4 Å². The first kappa shape index (κ1) is 23.6. The zero-order valence-corrected chi connectivity index (χ0v) is 19.7. The van der Waals surface area contributed by atoms with E-state index >= 15 is 0 Å². The zero-order valence-electron chi connectivity index (χ0n) is 19.7. The highest BCUT2D eigenvalue weighted by Gasteiger charge is 2.54. The highest BCUT2D eigenvalue weighted by molar-refractivity contribution is 6.37. The molecule has 0 unspecified atom stereocenters. The number of benzene rings is 2. The monoisotopic (exact) mass is 466 g/mol. The fraction of sp³-hybridized carbons (Fsp3) is 0.385. The molecule has 1 saturated carbocycles. The number of nitrogens with zero attached hydrogens (tertiary/aromatic N) is 2. The van der Waals surface area contributed by atoms with Crippen molar-refractivity contribution in [1.82, 2.24) is 4.90 Å². The lowest BCUT2D eigenvalue weighted by Crippen LogP contribution is -2.63. The molecule has 1 spiro atoms. The number of ketones is 2. The number of rotatable bonds is 5. The summed E-state index contributed by atoms with van der Waals surface area (Å²) in [5.41, 5.74) is 2.66. The summed E-state index contributed by atoms with van der Waals surface area (Å²) in [5.74, 6) is -1.36. The number of likely N-dealkylation sites (tertiary alicyclic amines) is 1. The van der Waals surface area contributed by atoms with E-state index in [1.165, 1.54) is 26.4 Å². The maximum atomic E-state index is 13.3. The molecule has 0 radical (unpaired) electrons. The van der Waals surface area contributed by atoms with E-state index in [4.69, 9.17) is 4.74 Å². The normalized spacial score (nSPS) is 18.1. The molecular formula is C26H27FN2O5. The van der Waals surface area contributed by atoms with Gasteiger partial charge in [0.15, 0.2) is 0 Å². The Hall–Kier alpha value is -3.55. The highest BCUT2D eigenvalue weighted by Crippen LogP contribution is 2.47. The van der Waals surface area contributed by atoms with Crippen LogP contribution in [0, 0.1) is 18.2 Å². The van der Waals surface area contributed by atoms with Crippen molar-refractivity contribution in [3.63, 3.8) is 0 Å². The minimum absolute atomic E-state index is 0.165. The summed E-state index contributed by atoms with van der Waals surface area (Å²) in [7, 11) is 2.88. The molecule has 0 aromatic heterocycles. The van der Waals surface area contributed by atoms with Gasteiger partial charge >= 0.3 is 0 Å². The SMILES string of the molecule is CO/N=C(\C)C(=O)N1CC2(CC(=O)C(c3c(C)cc(-c4ccc(F)cc4)cc3OC)C(=O)C2)C1. The minimum Gasteiger partial charge on any atom is -0.496 e. The maximum Gasteiger partial charge on any atom is 0.271 e. The lowest BCUT2D eigenvalue weighted by Gasteiger charge is -2.52. The van der Waals surface area contributed by atoms with Gasteiger partial charge in [0.2, 0.25) is 0 Å². The Morgan fingerprint density at radius 3 is 2.24 bits per heavy atom. The molecular weight excluding hydrogens is 439 g/mol. The highest BCUT2D eigenvalue weighted by atomic mass is 19.1. The molecule has 2 aromatic rings. The Morgan fingerprint density at radius 1 is 1.06 bits per heavy atom. The molecule has 0 bridgehead atoms. The average Bonchev–Trinajstić information content (AvgIpc) is 2.77. The van der Waals surface area contributed by atoms with Crippen LogP contribution in [0.1, 0.15) is 36.8 Å². The van der Waals surface area contributed by atoms with Crippen LogP contribution in [-0.4, -0.2) is 55.4 Å². The zero-order chi connectivity index (χ0) is 24.6. The van der Waals surface area contributed by atoms with Crippen molar-refractivity contribution >= 4 is 23.2 Å². The van der Waals surface area contributed by atoms with E-state index in [1.54, 1.807) is 30.0 Å². The Morgan fingerprint density at radius 2 is 1.68 bits per heavy atom. The summed E-state index contributed by atoms with van der Waals surface area (Å²) < 4.78 is 18.9. The first-order valence-corrected chi connectivity index (χ1v) is 11.0. The van der Waals surface area contributed by atoms with Crippen LogP contribution in [0.3, 0.4) is 0 Å². The van der Waals surface area contributed by atoms with Gasteiger partial charge in [-0.2, -0.15) is 0 Å². The number of aryl methyl sites for hydroxylation is 1. The average molecular weight is 467 g/mol. The van der Waals surface area contributed by atoms with Gasteiger partial charge in [0.05, 0.1) is 7.11 Å². The summed E-state index contributed by atoms with van der Waals surface area (Å²) in [4.78, 5) is 45.2. The number of hydrogen-bond donors (Lipinski definition) is 0. The van der Waals surface area contributed by atoms with Gasteiger partial charge in [-0.25, -0.2) is 4.39 Å². The van der Waals surface area contributed by atoms with Crippen molar-refractivity contribution in [1.29, 1.82) is 0 Å².